The Morgan fingerprint density at radius 2 is 1.80 bits per heavy atom. The molecule has 0 aromatic heterocycles. The van der Waals surface area contributed by atoms with Gasteiger partial charge in [-0.3, -0.25) is 4.90 Å². The third kappa shape index (κ3) is 4.50. The van der Waals surface area contributed by atoms with Crippen LogP contribution >= 0.6 is 0 Å². The Morgan fingerprint density at radius 1 is 0.960 bits per heavy atom. The Bertz CT molecular complexity index is 660. The molecule has 2 heteroatoms. The molecule has 1 saturated heterocycles. The first-order chi connectivity index (χ1) is 12.4. The van der Waals surface area contributed by atoms with Gasteiger partial charge in [-0.05, 0) is 67.8 Å². The van der Waals surface area contributed by atoms with E-state index in [9.17, 15) is 0 Å². The second-order valence-electron chi connectivity index (χ2n) is 7.72. The lowest BCUT2D eigenvalue weighted by Crippen LogP contribution is -2.43. The van der Waals surface area contributed by atoms with Crippen molar-refractivity contribution in [2.45, 2.75) is 44.7 Å². The molecule has 0 radical (unpaired) electrons. The summed E-state index contributed by atoms with van der Waals surface area (Å²) in [5.41, 5.74) is 4.38. The SMILES string of the molecule is C1=CC=C(c2ccccc2CN(CC2CC2)C2CCNCC2)CC=C1. The second kappa shape index (κ2) is 8.16. The summed E-state index contributed by atoms with van der Waals surface area (Å²) in [4.78, 5) is 2.79. The zero-order valence-corrected chi connectivity index (χ0v) is 15.2. The Labute approximate surface area is 152 Å². The van der Waals surface area contributed by atoms with Crippen LogP contribution in [0.5, 0.6) is 0 Å². The summed E-state index contributed by atoms with van der Waals surface area (Å²) in [6.45, 7) is 4.74. The minimum absolute atomic E-state index is 0.748. The van der Waals surface area contributed by atoms with Crippen LogP contribution < -0.4 is 5.32 Å². The van der Waals surface area contributed by atoms with Gasteiger partial charge >= 0.3 is 0 Å². The fourth-order valence-electron chi connectivity index (χ4n) is 4.11. The van der Waals surface area contributed by atoms with Crippen LogP contribution in [0.3, 0.4) is 0 Å². The Morgan fingerprint density at radius 3 is 2.64 bits per heavy atom. The topological polar surface area (TPSA) is 15.3 Å². The van der Waals surface area contributed by atoms with Gasteiger partial charge in [0.25, 0.3) is 0 Å². The van der Waals surface area contributed by atoms with E-state index in [0.717, 1.165) is 24.9 Å². The van der Waals surface area contributed by atoms with Crippen molar-refractivity contribution >= 4 is 5.57 Å². The molecule has 3 aliphatic rings. The normalized spacial score (nSPS) is 21.4. The standard InChI is InChI=1S/C23H30N2/c1-2-4-8-20(7-3-1)23-10-6-5-9-21(23)18-25(17-19-11-12-19)22-13-15-24-16-14-22/h1-7,9-10,19,22,24H,8,11-18H2. The van der Waals surface area contributed by atoms with Crippen LogP contribution in [0.1, 0.15) is 43.2 Å². The zero-order chi connectivity index (χ0) is 16.9. The van der Waals surface area contributed by atoms with E-state index in [0.29, 0.717) is 0 Å². The lowest BCUT2D eigenvalue weighted by atomic mass is 9.95. The number of piperidine rings is 1. The van der Waals surface area contributed by atoms with E-state index in [1.54, 1.807) is 0 Å². The Balaban J connectivity index is 1.56. The monoisotopic (exact) mass is 334 g/mol. The van der Waals surface area contributed by atoms with Crippen molar-refractivity contribution < 1.29 is 0 Å². The first-order valence-electron chi connectivity index (χ1n) is 9.95. The van der Waals surface area contributed by atoms with Crippen LogP contribution in [0, 0.1) is 5.92 Å². The maximum atomic E-state index is 3.52. The zero-order valence-electron chi connectivity index (χ0n) is 15.2. The van der Waals surface area contributed by atoms with E-state index >= 15 is 0 Å². The highest BCUT2D eigenvalue weighted by atomic mass is 15.2. The number of nitrogens with one attached hydrogen (secondary N) is 1. The van der Waals surface area contributed by atoms with E-state index in [1.807, 2.05) is 0 Å². The predicted molar refractivity (Wildman–Crippen MR) is 106 cm³/mol. The van der Waals surface area contributed by atoms with E-state index < -0.39 is 0 Å². The van der Waals surface area contributed by atoms with Gasteiger partial charge in [0.2, 0.25) is 0 Å². The summed E-state index contributed by atoms with van der Waals surface area (Å²) < 4.78 is 0. The van der Waals surface area contributed by atoms with Crippen molar-refractivity contribution in [3.63, 3.8) is 0 Å². The predicted octanol–water partition coefficient (Wildman–Crippen LogP) is 4.55. The molecule has 0 unspecified atom stereocenters. The van der Waals surface area contributed by atoms with Gasteiger partial charge in [0.1, 0.15) is 0 Å². The second-order valence-corrected chi connectivity index (χ2v) is 7.72. The first kappa shape index (κ1) is 16.8. The summed E-state index contributed by atoms with van der Waals surface area (Å²) in [5, 5.41) is 3.52. The van der Waals surface area contributed by atoms with Gasteiger partial charge in [-0.2, -0.15) is 0 Å². The molecule has 1 N–H and O–H groups in total. The quantitative estimate of drug-likeness (QED) is 0.821. The molecule has 1 aliphatic heterocycles. The van der Waals surface area contributed by atoms with Gasteiger partial charge in [-0.1, -0.05) is 54.6 Å². The molecular weight excluding hydrogens is 304 g/mol. The molecule has 0 bridgehead atoms. The van der Waals surface area contributed by atoms with Crippen molar-refractivity contribution in [3.05, 3.63) is 65.8 Å². The number of nitrogens with zero attached hydrogens (tertiary/aromatic N) is 1. The fourth-order valence-corrected chi connectivity index (χ4v) is 4.11. The van der Waals surface area contributed by atoms with Gasteiger partial charge < -0.3 is 5.32 Å². The smallest absolute Gasteiger partial charge is 0.0242 e. The molecule has 1 saturated carbocycles. The average molecular weight is 335 g/mol. The molecular formula is C23H30N2. The summed E-state index contributed by atoms with van der Waals surface area (Å²) in [6.07, 6.45) is 17.5. The van der Waals surface area contributed by atoms with Gasteiger partial charge in [0.15, 0.2) is 0 Å². The number of allylic oxidation sites excluding steroid dienone is 6. The first-order valence-corrected chi connectivity index (χ1v) is 9.95. The highest BCUT2D eigenvalue weighted by molar-refractivity contribution is 5.71. The largest absolute Gasteiger partial charge is 0.317 e. The molecule has 2 nitrogen and oxygen atoms in total. The minimum Gasteiger partial charge on any atom is -0.317 e. The van der Waals surface area contributed by atoms with Crippen molar-refractivity contribution in [1.82, 2.24) is 10.2 Å². The lowest BCUT2D eigenvalue weighted by Gasteiger charge is -2.35. The van der Waals surface area contributed by atoms with Crippen molar-refractivity contribution in [2.24, 2.45) is 5.92 Å². The van der Waals surface area contributed by atoms with Gasteiger partial charge in [0, 0.05) is 19.1 Å². The van der Waals surface area contributed by atoms with Crippen LogP contribution in [0.4, 0.5) is 0 Å². The van der Waals surface area contributed by atoms with E-state index in [-0.39, 0.29) is 0 Å². The molecule has 2 fully saturated rings. The fraction of sp³-hybridized carbons (Fsp3) is 0.478. The summed E-state index contributed by atoms with van der Waals surface area (Å²) in [6, 6.07) is 9.80. The number of hydrogen-bond donors (Lipinski definition) is 1. The molecule has 2 aliphatic carbocycles. The summed E-state index contributed by atoms with van der Waals surface area (Å²) >= 11 is 0. The minimum atomic E-state index is 0.748. The number of benzene rings is 1. The molecule has 4 rings (SSSR count). The third-order valence-electron chi connectivity index (χ3n) is 5.74. The van der Waals surface area contributed by atoms with Gasteiger partial charge in [-0.15, -0.1) is 0 Å². The molecule has 25 heavy (non-hydrogen) atoms. The van der Waals surface area contributed by atoms with Crippen LogP contribution in [0.15, 0.2) is 54.6 Å². The van der Waals surface area contributed by atoms with Crippen molar-refractivity contribution in [3.8, 4) is 0 Å². The van der Waals surface area contributed by atoms with Crippen LogP contribution in [0.2, 0.25) is 0 Å². The Hall–Kier alpha value is -1.64. The molecule has 1 heterocycles. The van der Waals surface area contributed by atoms with Crippen LogP contribution in [-0.2, 0) is 6.54 Å². The molecule has 0 atom stereocenters. The summed E-state index contributed by atoms with van der Waals surface area (Å²) in [5.74, 6) is 0.949. The Kier molecular flexibility index (Phi) is 5.49. The number of hydrogen-bond acceptors (Lipinski definition) is 2. The number of rotatable bonds is 6. The lowest BCUT2D eigenvalue weighted by molar-refractivity contribution is 0.147. The summed E-state index contributed by atoms with van der Waals surface area (Å²) in [7, 11) is 0. The molecule has 0 amide bonds. The van der Waals surface area contributed by atoms with Gasteiger partial charge in [-0.25, -0.2) is 0 Å². The molecule has 1 aromatic carbocycles. The maximum absolute atomic E-state index is 3.52. The highest BCUT2D eigenvalue weighted by Gasteiger charge is 2.29. The third-order valence-corrected chi connectivity index (χ3v) is 5.74. The molecule has 0 spiro atoms. The van der Waals surface area contributed by atoms with E-state index in [1.165, 1.54) is 62.0 Å². The van der Waals surface area contributed by atoms with Crippen LogP contribution in [0.25, 0.3) is 5.57 Å². The average Bonchev–Trinajstić information content (AvgIpc) is 3.49. The van der Waals surface area contributed by atoms with E-state index in [4.69, 9.17) is 0 Å². The van der Waals surface area contributed by atoms with Crippen LogP contribution in [-0.4, -0.2) is 30.6 Å². The van der Waals surface area contributed by atoms with E-state index in [2.05, 4.69) is 64.9 Å². The van der Waals surface area contributed by atoms with Gasteiger partial charge in [0.05, 0.1) is 0 Å². The molecule has 132 valence electrons. The van der Waals surface area contributed by atoms with Crippen molar-refractivity contribution in [1.29, 1.82) is 0 Å². The maximum Gasteiger partial charge on any atom is 0.0242 e. The highest BCUT2D eigenvalue weighted by Crippen LogP contribution is 2.33. The van der Waals surface area contributed by atoms with Crippen molar-refractivity contribution in [2.75, 3.05) is 19.6 Å². The molecule has 1 aromatic rings.